The van der Waals surface area contributed by atoms with Gasteiger partial charge in [-0.1, -0.05) is 32.1 Å². The summed E-state index contributed by atoms with van der Waals surface area (Å²) < 4.78 is 0. The average molecular weight is 148 g/mol. The number of hydrogen-bond acceptors (Lipinski definition) is 1. The Labute approximate surface area is 79.3 Å². The first-order valence-electron chi connectivity index (χ1n) is 3.81. The topological polar surface area (TPSA) is 52.9 Å². The van der Waals surface area contributed by atoms with Crippen molar-refractivity contribution in [2.75, 3.05) is 0 Å². The van der Waals surface area contributed by atoms with Gasteiger partial charge in [-0.15, -0.1) is 0 Å². The van der Waals surface area contributed by atoms with Gasteiger partial charge in [0, 0.05) is 0 Å². The standard InChI is InChI=1S/C7H14N2O.Li/c8-7(10)9-6-4-2-1-3-5-6;/h6H,1-5H2,(H3,8,9,10);/q;+1/p-1. The van der Waals surface area contributed by atoms with Crippen molar-refractivity contribution in [3.05, 3.63) is 5.73 Å². The summed E-state index contributed by atoms with van der Waals surface area (Å²) in [6.07, 6.45) is 5.80. The Morgan fingerprint density at radius 3 is 2.27 bits per heavy atom. The molecule has 4 heteroatoms. The molecule has 0 unspecified atom stereocenters. The van der Waals surface area contributed by atoms with Crippen LogP contribution in [0.25, 0.3) is 5.73 Å². The zero-order valence-electron chi connectivity index (χ0n) is 7.02. The number of carbonyl (C=O) groups excluding carboxylic acids is 1. The fourth-order valence-corrected chi connectivity index (χ4v) is 1.43. The van der Waals surface area contributed by atoms with E-state index in [9.17, 15) is 4.79 Å². The minimum absolute atomic E-state index is 0. The van der Waals surface area contributed by atoms with Crippen molar-refractivity contribution >= 4 is 6.03 Å². The van der Waals surface area contributed by atoms with Gasteiger partial charge >= 0.3 is 18.9 Å². The van der Waals surface area contributed by atoms with E-state index in [4.69, 9.17) is 5.73 Å². The van der Waals surface area contributed by atoms with Crippen molar-refractivity contribution in [1.82, 2.24) is 5.32 Å². The van der Waals surface area contributed by atoms with Crippen LogP contribution in [-0.2, 0) is 0 Å². The second kappa shape index (κ2) is 5.51. The molecular formula is C7H13LiN2O. The molecular weight excluding hydrogens is 135 g/mol. The normalized spacial score (nSPS) is 18.5. The maximum absolute atomic E-state index is 10.3. The van der Waals surface area contributed by atoms with Crippen molar-refractivity contribution in [2.24, 2.45) is 0 Å². The Balaban J connectivity index is 0.000001000. The first kappa shape index (κ1) is 10.9. The van der Waals surface area contributed by atoms with E-state index < -0.39 is 6.03 Å². The van der Waals surface area contributed by atoms with Gasteiger partial charge < -0.3 is 11.1 Å². The van der Waals surface area contributed by atoms with E-state index in [2.05, 4.69) is 5.32 Å². The predicted octanol–water partition coefficient (Wildman–Crippen LogP) is -0.915. The second-order valence-electron chi connectivity index (χ2n) is 2.81. The monoisotopic (exact) mass is 148 g/mol. The molecule has 2 N–H and O–H groups in total. The Hall–Kier alpha value is -0.133. The van der Waals surface area contributed by atoms with Crippen LogP contribution in [0, 0.1) is 0 Å². The van der Waals surface area contributed by atoms with Crippen LogP contribution in [0.1, 0.15) is 32.1 Å². The maximum atomic E-state index is 10.3. The zero-order valence-corrected chi connectivity index (χ0v) is 7.02. The van der Waals surface area contributed by atoms with Crippen molar-refractivity contribution < 1.29 is 23.7 Å². The molecule has 1 rings (SSSR count). The van der Waals surface area contributed by atoms with Crippen LogP contribution in [0.5, 0.6) is 0 Å². The molecule has 0 spiro atoms. The van der Waals surface area contributed by atoms with E-state index in [1.54, 1.807) is 0 Å². The number of rotatable bonds is 1. The van der Waals surface area contributed by atoms with Crippen LogP contribution in [0.2, 0.25) is 0 Å². The summed E-state index contributed by atoms with van der Waals surface area (Å²) in [5.41, 5.74) is 6.66. The molecule has 1 saturated carbocycles. The van der Waals surface area contributed by atoms with Gasteiger partial charge in [0.25, 0.3) is 0 Å². The van der Waals surface area contributed by atoms with Gasteiger partial charge in [0.1, 0.15) is 6.03 Å². The molecule has 0 atom stereocenters. The van der Waals surface area contributed by atoms with Crippen LogP contribution < -0.4 is 24.2 Å². The fourth-order valence-electron chi connectivity index (χ4n) is 1.43. The third-order valence-corrected chi connectivity index (χ3v) is 1.94. The van der Waals surface area contributed by atoms with E-state index >= 15 is 0 Å². The first-order chi connectivity index (χ1) is 4.79. The molecule has 0 bridgehead atoms. The maximum Gasteiger partial charge on any atom is 1.00 e. The summed E-state index contributed by atoms with van der Waals surface area (Å²) >= 11 is 0. The van der Waals surface area contributed by atoms with E-state index in [0.717, 1.165) is 12.8 Å². The quantitative estimate of drug-likeness (QED) is 0.480. The van der Waals surface area contributed by atoms with E-state index in [1.165, 1.54) is 19.3 Å². The van der Waals surface area contributed by atoms with Crippen LogP contribution in [0.15, 0.2) is 0 Å². The van der Waals surface area contributed by atoms with Crippen molar-refractivity contribution in [3.8, 4) is 0 Å². The summed E-state index contributed by atoms with van der Waals surface area (Å²) in [6.45, 7) is 0. The zero-order chi connectivity index (χ0) is 7.40. The molecule has 3 nitrogen and oxygen atoms in total. The summed E-state index contributed by atoms with van der Waals surface area (Å²) in [4.78, 5) is 10.3. The van der Waals surface area contributed by atoms with E-state index in [1.807, 2.05) is 0 Å². The molecule has 0 radical (unpaired) electrons. The van der Waals surface area contributed by atoms with Crippen LogP contribution in [-0.4, -0.2) is 12.1 Å². The predicted molar refractivity (Wildman–Crippen MR) is 39.7 cm³/mol. The molecule has 58 valence electrons. The van der Waals surface area contributed by atoms with Gasteiger partial charge in [0.15, 0.2) is 0 Å². The molecule has 0 heterocycles. The van der Waals surface area contributed by atoms with E-state index in [-0.39, 0.29) is 18.9 Å². The van der Waals surface area contributed by atoms with Gasteiger partial charge in [-0.2, -0.15) is 0 Å². The number of carbonyl (C=O) groups is 1. The van der Waals surface area contributed by atoms with Gasteiger partial charge in [0.05, 0.1) is 0 Å². The van der Waals surface area contributed by atoms with Gasteiger partial charge in [-0.25, -0.2) is 0 Å². The first-order valence-corrected chi connectivity index (χ1v) is 3.81. The van der Waals surface area contributed by atoms with Crippen molar-refractivity contribution in [1.29, 1.82) is 0 Å². The fraction of sp³-hybridized carbons (Fsp3) is 0.857. The molecule has 11 heavy (non-hydrogen) atoms. The Morgan fingerprint density at radius 1 is 1.27 bits per heavy atom. The second-order valence-corrected chi connectivity index (χ2v) is 2.81. The summed E-state index contributed by atoms with van der Waals surface area (Å²) in [5, 5.41) is 2.61. The molecule has 0 aromatic carbocycles. The van der Waals surface area contributed by atoms with Gasteiger partial charge in [-0.3, -0.25) is 4.79 Å². The smallest absolute Gasteiger partial charge is 0.447 e. The van der Waals surface area contributed by atoms with Crippen LogP contribution in [0.4, 0.5) is 4.79 Å². The molecule has 1 aliphatic carbocycles. The number of nitrogens with one attached hydrogen (secondary N) is 2. The molecule has 2 amide bonds. The minimum Gasteiger partial charge on any atom is -0.447 e. The third kappa shape index (κ3) is 4.34. The average Bonchev–Trinajstić information content (AvgIpc) is 1.88. The van der Waals surface area contributed by atoms with E-state index in [0.29, 0.717) is 6.04 Å². The van der Waals surface area contributed by atoms with Gasteiger partial charge in [0.2, 0.25) is 0 Å². The molecule has 1 fully saturated rings. The molecule has 0 aliphatic heterocycles. The van der Waals surface area contributed by atoms with Gasteiger partial charge in [-0.05, 0) is 6.04 Å². The third-order valence-electron chi connectivity index (χ3n) is 1.94. The number of urea groups is 1. The van der Waals surface area contributed by atoms with Crippen molar-refractivity contribution in [2.45, 2.75) is 38.1 Å². The summed E-state index contributed by atoms with van der Waals surface area (Å²) in [5.74, 6) is 0. The summed E-state index contributed by atoms with van der Waals surface area (Å²) in [7, 11) is 0. The number of amides is 2. The number of hydrogen-bond donors (Lipinski definition) is 1. The van der Waals surface area contributed by atoms with Crippen molar-refractivity contribution in [3.63, 3.8) is 0 Å². The molecule has 0 aromatic heterocycles. The molecule has 0 aromatic rings. The Morgan fingerprint density at radius 2 is 1.82 bits per heavy atom. The van der Waals surface area contributed by atoms with Crippen LogP contribution in [0.3, 0.4) is 0 Å². The Kier molecular flexibility index (Phi) is 5.44. The molecule has 1 aliphatic rings. The molecule has 0 saturated heterocycles. The minimum atomic E-state index is -0.632. The van der Waals surface area contributed by atoms with Crippen LogP contribution >= 0.6 is 0 Å². The summed E-state index contributed by atoms with van der Waals surface area (Å²) in [6, 6.07) is -0.342. The Bertz CT molecular complexity index is 124. The SMILES string of the molecule is [Li+].[NH-]C(=O)NC1CCCCC1. The largest absolute Gasteiger partial charge is 1.00 e.